The minimum Gasteiger partial charge on any atom is -0.338 e. The maximum Gasteiger partial charge on any atom is 0.253 e. The molecule has 1 atom stereocenters. The molecular formula is C21H21N3OS. The Morgan fingerprint density at radius 3 is 2.73 bits per heavy atom. The summed E-state index contributed by atoms with van der Waals surface area (Å²) in [4.78, 5) is 15.0. The number of aromatic nitrogens is 2. The summed E-state index contributed by atoms with van der Waals surface area (Å²) in [6.45, 7) is 1.58. The molecule has 1 unspecified atom stereocenters. The third kappa shape index (κ3) is 3.68. The molecule has 26 heavy (non-hydrogen) atoms. The lowest BCUT2D eigenvalue weighted by Crippen LogP contribution is -2.33. The summed E-state index contributed by atoms with van der Waals surface area (Å²) in [6, 6.07) is 20.2. The van der Waals surface area contributed by atoms with Gasteiger partial charge in [0.15, 0.2) is 0 Å². The predicted molar refractivity (Wildman–Crippen MR) is 106 cm³/mol. The summed E-state index contributed by atoms with van der Waals surface area (Å²) in [7, 11) is 0. The van der Waals surface area contributed by atoms with Gasteiger partial charge < -0.3 is 4.90 Å². The first kappa shape index (κ1) is 16.9. The van der Waals surface area contributed by atoms with Crippen molar-refractivity contribution in [1.82, 2.24) is 14.7 Å². The molecule has 3 aromatic rings. The van der Waals surface area contributed by atoms with Crippen molar-refractivity contribution in [3.05, 3.63) is 84.2 Å². The summed E-state index contributed by atoms with van der Waals surface area (Å²) < 4.78 is 1.78. The van der Waals surface area contributed by atoms with Crippen molar-refractivity contribution in [3.8, 4) is 5.69 Å². The Labute approximate surface area is 157 Å². The van der Waals surface area contributed by atoms with Crippen LogP contribution in [-0.2, 0) is 0 Å². The van der Waals surface area contributed by atoms with E-state index >= 15 is 0 Å². The zero-order valence-corrected chi connectivity index (χ0v) is 15.3. The lowest BCUT2D eigenvalue weighted by Gasteiger charge is -2.20. The molecule has 1 aliphatic heterocycles. The van der Waals surface area contributed by atoms with Gasteiger partial charge in [-0.1, -0.05) is 36.4 Å². The normalized spacial score (nSPS) is 17.7. The van der Waals surface area contributed by atoms with Crippen molar-refractivity contribution in [2.75, 3.05) is 18.8 Å². The van der Waals surface area contributed by atoms with E-state index < -0.39 is 0 Å². The number of hydrogen-bond acceptors (Lipinski definition) is 3. The van der Waals surface area contributed by atoms with E-state index in [2.05, 4.69) is 29.4 Å². The van der Waals surface area contributed by atoms with Gasteiger partial charge in [0, 0.05) is 42.0 Å². The SMILES string of the molecule is O=C(c1cccc(-n2cccn2)c1)N1CCSC(c2ccccc2)CC1. The third-order valence-electron chi connectivity index (χ3n) is 4.66. The number of carbonyl (C=O) groups is 1. The fourth-order valence-corrected chi connectivity index (χ4v) is 4.52. The van der Waals surface area contributed by atoms with Crippen LogP contribution < -0.4 is 0 Å². The molecule has 132 valence electrons. The van der Waals surface area contributed by atoms with Crippen LogP contribution in [0.3, 0.4) is 0 Å². The molecule has 0 aliphatic carbocycles. The van der Waals surface area contributed by atoms with Gasteiger partial charge in [0.1, 0.15) is 0 Å². The Hall–Kier alpha value is -2.53. The third-order valence-corrected chi connectivity index (χ3v) is 5.99. The van der Waals surface area contributed by atoms with Gasteiger partial charge >= 0.3 is 0 Å². The first-order valence-corrected chi connectivity index (χ1v) is 9.92. The molecule has 1 aliphatic rings. The first-order valence-electron chi connectivity index (χ1n) is 8.87. The molecule has 1 amide bonds. The molecule has 0 bridgehead atoms. The Morgan fingerprint density at radius 1 is 1.04 bits per heavy atom. The maximum atomic E-state index is 13.0. The predicted octanol–water partition coefficient (Wildman–Crippen LogP) is 4.19. The average molecular weight is 363 g/mol. The summed E-state index contributed by atoms with van der Waals surface area (Å²) in [5.74, 6) is 1.07. The van der Waals surface area contributed by atoms with Crippen LogP contribution in [0.4, 0.5) is 0 Å². The van der Waals surface area contributed by atoms with Crippen LogP contribution in [0.25, 0.3) is 5.69 Å². The van der Waals surface area contributed by atoms with Crippen molar-refractivity contribution in [3.63, 3.8) is 0 Å². The molecule has 1 fully saturated rings. The van der Waals surface area contributed by atoms with Crippen molar-refractivity contribution in [2.24, 2.45) is 0 Å². The van der Waals surface area contributed by atoms with Crippen LogP contribution >= 0.6 is 11.8 Å². The molecule has 0 spiro atoms. The van der Waals surface area contributed by atoms with Crippen LogP contribution in [0, 0.1) is 0 Å². The summed E-state index contributed by atoms with van der Waals surface area (Å²) in [6.07, 6.45) is 4.61. The molecule has 0 radical (unpaired) electrons. The first-order chi connectivity index (χ1) is 12.8. The zero-order chi connectivity index (χ0) is 17.8. The van der Waals surface area contributed by atoms with Crippen LogP contribution in [0.2, 0.25) is 0 Å². The molecular weight excluding hydrogens is 342 g/mol. The Morgan fingerprint density at radius 2 is 1.92 bits per heavy atom. The number of hydrogen-bond donors (Lipinski definition) is 0. The van der Waals surface area contributed by atoms with Crippen molar-refractivity contribution >= 4 is 17.7 Å². The number of amides is 1. The number of rotatable bonds is 3. The van der Waals surface area contributed by atoms with E-state index in [4.69, 9.17) is 0 Å². The minimum absolute atomic E-state index is 0.105. The largest absolute Gasteiger partial charge is 0.338 e. The van der Waals surface area contributed by atoms with Crippen molar-refractivity contribution in [2.45, 2.75) is 11.7 Å². The number of thioether (sulfide) groups is 1. The molecule has 4 rings (SSSR count). The summed E-state index contributed by atoms with van der Waals surface area (Å²) in [5.41, 5.74) is 2.99. The van der Waals surface area contributed by atoms with E-state index in [1.54, 1.807) is 10.9 Å². The fourth-order valence-electron chi connectivity index (χ4n) is 3.29. The molecule has 4 nitrogen and oxygen atoms in total. The maximum absolute atomic E-state index is 13.0. The van der Waals surface area contributed by atoms with E-state index in [9.17, 15) is 4.79 Å². The van der Waals surface area contributed by atoms with Crippen LogP contribution in [0.15, 0.2) is 73.1 Å². The van der Waals surface area contributed by atoms with Gasteiger partial charge in [-0.25, -0.2) is 4.68 Å². The van der Waals surface area contributed by atoms with Gasteiger partial charge in [-0.3, -0.25) is 4.79 Å². The Bertz CT molecular complexity index is 864. The van der Waals surface area contributed by atoms with E-state index in [1.807, 2.05) is 59.3 Å². The molecule has 5 heteroatoms. The van der Waals surface area contributed by atoms with Gasteiger partial charge in [-0.15, -0.1) is 0 Å². The molecule has 0 N–H and O–H groups in total. The molecule has 2 aromatic carbocycles. The second-order valence-electron chi connectivity index (χ2n) is 6.35. The lowest BCUT2D eigenvalue weighted by molar-refractivity contribution is 0.0766. The summed E-state index contributed by atoms with van der Waals surface area (Å²) >= 11 is 1.95. The van der Waals surface area contributed by atoms with Gasteiger partial charge in [0.05, 0.1) is 5.69 Å². The second kappa shape index (κ2) is 7.79. The van der Waals surface area contributed by atoms with E-state index in [0.29, 0.717) is 5.25 Å². The standard InChI is InChI=1S/C21H21N3OS/c25-21(18-8-4-9-19(16-18)24-12-5-11-22-24)23-13-10-20(26-15-14-23)17-6-2-1-3-7-17/h1-9,11-12,16,20H,10,13-15H2. The Balaban J connectivity index is 1.48. The zero-order valence-electron chi connectivity index (χ0n) is 14.5. The van der Waals surface area contributed by atoms with E-state index in [1.165, 1.54) is 5.56 Å². The number of nitrogens with zero attached hydrogens (tertiary/aromatic N) is 3. The highest BCUT2D eigenvalue weighted by Gasteiger charge is 2.23. The van der Waals surface area contributed by atoms with Gasteiger partial charge in [0.25, 0.3) is 5.91 Å². The topological polar surface area (TPSA) is 38.1 Å². The van der Waals surface area contributed by atoms with Crippen LogP contribution in [-0.4, -0.2) is 39.4 Å². The Kier molecular flexibility index (Phi) is 5.07. The van der Waals surface area contributed by atoms with Gasteiger partial charge in [-0.2, -0.15) is 16.9 Å². The lowest BCUT2D eigenvalue weighted by atomic mass is 10.1. The van der Waals surface area contributed by atoms with Crippen molar-refractivity contribution in [1.29, 1.82) is 0 Å². The van der Waals surface area contributed by atoms with Gasteiger partial charge in [-0.05, 0) is 36.2 Å². The fraction of sp³-hybridized carbons (Fsp3) is 0.238. The smallest absolute Gasteiger partial charge is 0.253 e. The monoisotopic (exact) mass is 363 g/mol. The highest BCUT2D eigenvalue weighted by Crippen LogP contribution is 2.34. The number of benzene rings is 2. The summed E-state index contributed by atoms with van der Waals surface area (Å²) in [5, 5.41) is 4.71. The highest BCUT2D eigenvalue weighted by molar-refractivity contribution is 7.99. The van der Waals surface area contributed by atoms with E-state index in [0.717, 1.165) is 36.5 Å². The van der Waals surface area contributed by atoms with Gasteiger partial charge in [0.2, 0.25) is 0 Å². The van der Waals surface area contributed by atoms with Crippen LogP contribution in [0.1, 0.15) is 27.6 Å². The molecule has 1 saturated heterocycles. The van der Waals surface area contributed by atoms with E-state index in [-0.39, 0.29) is 5.91 Å². The number of carbonyl (C=O) groups excluding carboxylic acids is 1. The van der Waals surface area contributed by atoms with Crippen LogP contribution in [0.5, 0.6) is 0 Å². The second-order valence-corrected chi connectivity index (χ2v) is 7.66. The molecule has 2 heterocycles. The average Bonchev–Trinajstić information content (AvgIpc) is 3.13. The van der Waals surface area contributed by atoms with Crippen molar-refractivity contribution < 1.29 is 4.79 Å². The minimum atomic E-state index is 0.105. The quantitative estimate of drug-likeness (QED) is 0.700. The highest BCUT2D eigenvalue weighted by atomic mass is 32.2. The molecule has 1 aromatic heterocycles. The molecule has 0 saturated carbocycles.